The highest BCUT2D eigenvalue weighted by molar-refractivity contribution is 5.13. The molecule has 0 radical (unpaired) electrons. The molecule has 1 aliphatic heterocycles. The predicted octanol–water partition coefficient (Wildman–Crippen LogP) is 2.82. The summed E-state index contributed by atoms with van der Waals surface area (Å²) in [6, 6.07) is 0.603. The first-order chi connectivity index (χ1) is 8.83. The van der Waals surface area contributed by atoms with Gasteiger partial charge in [-0.25, -0.2) is 0 Å². The Kier molecular flexibility index (Phi) is 3.55. The molecule has 1 aliphatic carbocycles. The fraction of sp³-hybridized carbons (Fsp3) is 0.786. The van der Waals surface area contributed by atoms with Gasteiger partial charge in [-0.1, -0.05) is 12.8 Å². The van der Waals surface area contributed by atoms with Crippen LogP contribution in [0.1, 0.15) is 51.0 Å². The lowest BCUT2D eigenvalue weighted by Crippen LogP contribution is -2.40. The summed E-state index contributed by atoms with van der Waals surface area (Å²) in [6.07, 6.45) is 13.1. The molecule has 2 fully saturated rings. The first-order valence-corrected chi connectivity index (χ1v) is 7.24. The summed E-state index contributed by atoms with van der Waals surface area (Å²) in [6.45, 7) is 1.14. The molecule has 0 aromatic carbocycles. The molecular weight excluding hydrogens is 226 g/mol. The summed E-state index contributed by atoms with van der Waals surface area (Å²) >= 11 is 0. The van der Waals surface area contributed by atoms with Crippen molar-refractivity contribution in [1.82, 2.24) is 14.7 Å². The molecule has 1 aromatic heterocycles. The lowest BCUT2D eigenvalue weighted by Gasteiger charge is -2.31. The molecule has 1 atom stereocenters. The van der Waals surface area contributed by atoms with Gasteiger partial charge in [0.25, 0.3) is 0 Å². The second-order valence-electron chi connectivity index (χ2n) is 5.64. The number of hydrogen-bond acceptors (Lipinski definition) is 3. The van der Waals surface area contributed by atoms with Gasteiger partial charge < -0.3 is 4.74 Å². The van der Waals surface area contributed by atoms with Crippen molar-refractivity contribution in [3.05, 3.63) is 12.4 Å². The average Bonchev–Trinajstić information content (AvgIpc) is 3.02. The van der Waals surface area contributed by atoms with Gasteiger partial charge in [-0.3, -0.25) is 9.58 Å². The summed E-state index contributed by atoms with van der Waals surface area (Å²) in [5, 5.41) is 4.46. The van der Waals surface area contributed by atoms with Gasteiger partial charge in [-0.15, -0.1) is 0 Å². The third-order valence-electron chi connectivity index (χ3n) is 4.25. The van der Waals surface area contributed by atoms with E-state index in [-0.39, 0.29) is 6.23 Å². The van der Waals surface area contributed by atoms with Gasteiger partial charge in [0.05, 0.1) is 18.4 Å². The van der Waals surface area contributed by atoms with Gasteiger partial charge in [-0.05, 0) is 39.2 Å². The van der Waals surface area contributed by atoms with Crippen molar-refractivity contribution < 1.29 is 4.74 Å². The zero-order chi connectivity index (χ0) is 12.4. The lowest BCUT2D eigenvalue weighted by molar-refractivity contribution is 0.0150. The Morgan fingerprint density at radius 3 is 2.72 bits per heavy atom. The summed E-state index contributed by atoms with van der Waals surface area (Å²) in [5.74, 6) is 0.931. The molecule has 4 nitrogen and oxygen atoms in total. The first-order valence-electron chi connectivity index (χ1n) is 7.24. The Balaban J connectivity index is 1.62. The minimum Gasteiger partial charge on any atom is -0.472 e. The van der Waals surface area contributed by atoms with E-state index < -0.39 is 0 Å². The summed E-state index contributed by atoms with van der Waals surface area (Å²) in [4.78, 5) is 2.30. The van der Waals surface area contributed by atoms with E-state index >= 15 is 0 Å². The van der Waals surface area contributed by atoms with Crippen LogP contribution in [0.2, 0.25) is 0 Å². The Labute approximate surface area is 109 Å². The maximum atomic E-state index is 6.05. The maximum absolute atomic E-state index is 6.05. The number of aromatic nitrogens is 2. The predicted molar refractivity (Wildman–Crippen MR) is 70.6 cm³/mol. The van der Waals surface area contributed by atoms with Crippen molar-refractivity contribution in [2.75, 3.05) is 13.6 Å². The third-order valence-corrected chi connectivity index (χ3v) is 4.25. The van der Waals surface area contributed by atoms with E-state index in [2.05, 4.69) is 27.9 Å². The molecule has 0 spiro atoms. The number of nitrogens with zero attached hydrogens (tertiary/aromatic N) is 3. The highest BCUT2D eigenvalue weighted by atomic mass is 16.5. The van der Waals surface area contributed by atoms with Crippen LogP contribution >= 0.6 is 0 Å². The van der Waals surface area contributed by atoms with Crippen LogP contribution in [-0.4, -0.2) is 34.5 Å². The third kappa shape index (κ3) is 2.53. The van der Waals surface area contributed by atoms with E-state index in [1.54, 1.807) is 0 Å². The van der Waals surface area contributed by atoms with Gasteiger partial charge in [0.15, 0.2) is 12.0 Å². The van der Waals surface area contributed by atoms with Crippen molar-refractivity contribution in [2.24, 2.45) is 0 Å². The van der Waals surface area contributed by atoms with Crippen molar-refractivity contribution >= 4 is 0 Å². The average molecular weight is 249 g/mol. The van der Waals surface area contributed by atoms with E-state index in [0.717, 1.165) is 18.7 Å². The van der Waals surface area contributed by atoms with Crippen molar-refractivity contribution in [2.45, 2.75) is 57.2 Å². The van der Waals surface area contributed by atoms with Crippen LogP contribution in [-0.2, 0) is 0 Å². The van der Waals surface area contributed by atoms with Gasteiger partial charge >= 0.3 is 0 Å². The van der Waals surface area contributed by atoms with Crippen LogP contribution in [0.4, 0.5) is 0 Å². The summed E-state index contributed by atoms with van der Waals surface area (Å²) in [7, 11) is 2.14. The summed E-state index contributed by atoms with van der Waals surface area (Å²) in [5.41, 5.74) is 0. The number of piperidine rings is 1. The van der Waals surface area contributed by atoms with Gasteiger partial charge in [-0.2, -0.15) is 5.10 Å². The van der Waals surface area contributed by atoms with Crippen LogP contribution in [0.5, 0.6) is 5.75 Å². The minimum atomic E-state index is 0.236. The van der Waals surface area contributed by atoms with Crippen LogP contribution in [0, 0.1) is 0 Å². The quantitative estimate of drug-likeness (QED) is 0.825. The molecule has 2 aliphatic rings. The van der Waals surface area contributed by atoms with E-state index in [0.29, 0.717) is 6.04 Å². The van der Waals surface area contributed by atoms with E-state index in [9.17, 15) is 0 Å². The molecule has 1 saturated heterocycles. The van der Waals surface area contributed by atoms with Gasteiger partial charge in [0.1, 0.15) is 0 Å². The number of ether oxygens (including phenoxy) is 1. The topological polar surface area (TPSA) is 30.3 Å². The molecular formula is C14H23N3O. The van der Waals surface area contributed by atoms with Crippen LogP contribution in [0.25, 0.3) is 0 Å². The zero-order valence-electron chi connectivity index (χ0n) is 11.2. The molecule has 4 heteroatoms. The Morgan fingerprint density at radius 2 is 1.94 bits per heavy atom. The van der Waals surface area contributed by atoms with Crippen molar-refractivity contribution in [1.29, 1.82) is 0 Å². The minimum absolute atomic E-state index is 0.236. The molecule has 1 saturated carbocycles. The van der Waals surface area contributed by atoms with E-state index in [1.165, 1.54) is 38.5 Å². The fourth-order valence-corrected chi connectivity index (χ4v) is 3.10. The molecule has 0 bridgehead atoms. The van der Waals surface area contributed by atoms with Crippen LogP contribution in [0.15, 0.2) is 12.4 Å². The zero-order valence-corrected chi connectivity index (χ0v) is 11.2. The molecule has 0 N–H and O–H groups in total. The van der Waals surface area contributed by atoms with Crippen molar-refractivity contribution in [3.8, 4) is 5.75 Å². The molecule has 2 heterocycles. The van der Waals surface area contributed by atoms with Crippen LogP contribution < -0.4 is 4.74 Å². The molecule has 1 unspecified atom stereocenters. The van der Waals surface area contributed by atoms with Gasteiger partial charge in [0, 0.05) is 6.54 Å². The first kappa shape index (κ1) is 12.0. The van der Waals surface area contributed by atoms with Gasteiger partial charge in [0.2, 0.25) is 0 Å². The maximum Gasteiger partial charge on any atom is 0.159 e. The second-order valence-corrected chi connectivity index (χ2v) is 5.64. The van der Waals surface area contributed by atoms with Crippen molar-refractivity contribution in [3.63, 3.8) is 0 Å². The second kappa shape index (κ2) is 5.31. The number of hydrogen-bond donors (Lipinski definition) is 0. The SMILES string of the molecule is CN1CCCCC1Oc1cnn(C2CCCC2)c1. The smallest absolute Gasteiger partial charge is 0.159 e. The largest absolute Gasteiger partial charge is 0.472 e. The van der Waals surface area contributed by atoms with E-state index in [4.69, 9.17) is 4.74 Å². The Hall–Kier alpha value is -1.03. The monoisotopic (exact) mass is 249 g/mol. The molecule has 100 valence electrons. The van der Waals surface area contributed by atoms with Crippen LogP contribution in [0.3, 0.4) is 0 Å². The summed E-state index contributed by atoms with van der Waals surface area (Å²) < 4.78 is 8.15. The Bertz CT molecular complexity index is 384. The Morgan fingerprint density at radius 1 is 1.17 bits per heavy atom. The molecule has 3 rings (SSSR count). The fourth-order valence-electron chi connectivity index (χ4n) is 3.10. The molecule has 0 amide bonds. The lowest BCUT2D eigenvalue weighted by atomic mass is 10.1. The van der Waals surface area contributed by atoms with E-state index in [1.807, 2.05) is 6.20 Å². The number of rotatable bonds is 3. The normalized spacial score (nSPS) is 26.6. The molecule has 18 heavy (non-hydrogen) atoms. The standard InChI is InChI=1S/C14H23N3O/c1-16-9-5-4-8-14(16)18-13-10-15-17(11-13)12-6-2-3-7-12/h10-12,14H,2-9H2,1H3. The highest BCUT2D eigenvalue weighted by Gasteiger charge is 2.22. The molecule has 1 aromatic rings. The number of likely N-dealkylation sites (tertiary alicyclic amines) is 1. The highest BCUT2D eigenvalue weighted by Crippen LogP contribution is 2.30.